The largest absolute Gasteiger partial charge is 0.379 e. The number of ether oxygens (including phenoxy) is 1. The lowest BCUT2D eigenvalue weighted by Gasteiger charge is -2.25. The summed E-state index contributed by atoms with van der Waals surface area (Å²) in [5.41, 5.74) is 0. The van der Waals surface area contributed by atoms with Gasteiger partial charge in [0.15, 0.2) is 5.96 Å². The summed E-state index contributed by atoms with van der Waals surface area (Å²) in [6.45, 7) is 8.87. The Bertz CT molecular complexity index is 716. The normalized spacial score (nSPS) is 17.2. The monoisotopic (exact) mass is 544 g/mol. The first-order valence-corrected chi connectivity index (χ1v) is 11.7. The predicted octanol–water partition coefficient (Wildman–Crippen LogP) is 2.88. The minimum Gasteiger partial charge on any atom is -0.379 e. The van der Waals surface area contributed by atoms with E-state index >= 15 is 0 Å². The minimum atomic E-state index is -3.42. The van der Waals surface area contributed by atoms with Crippen molar-refractivity contribution < 1.29 is 13.2 Å². The zero-order chi connectivity index (χ0) is 19.9. The maximum Gasteiger partial charge on any atom is 0.252 e. The van der Waals surface area contributed by atoms with Crippen LogP contribution in [0.3, 0.4) is 0 Å². The molecule has 0 spiro atoms. The van der Waals surface area contributed by atoms with Gasteiger partial charge in [0.2, 0.25) is 0 Å². The van der Waals surface area contributed by atoms with E-state index in [1.165, 1.54) is 22.1 Å². The molecule has 10 heteroatoms. The first kappa shape index (κ1) is 25.6. The third-order valence-corrected chi connectivity index (χ3v) is 7.87. The van der Waals surface area contributed by atoms with E-state index in [9.17, 15) is 8.42 Å². The van der Waals surface area contributed by atoms with E-state index in [0.717, 1.165) is 17.3 Å². The summed E-state index contributed by atoms with van der Waals surface area (Å²) in [6.07, 6.45) is 2.25. The number of aliphatic imine (C=N–C) groups is 1. The molecular weight excluding hydrogens is 511 g/mol. The molecule has 0 amide bonds. The highest BCUT2D eigenvalue weighted by molar-refractivity contribution is 14.0. The van der Waals surface area contributed by atoms with Crippen LogP contribution in [-0.2, 0) is 21.3 Å². The molecule has 1 unspecified atom stereocenters. The summed E-state index contributed by atoms with van der Waals surface area (Å²) in [6, 6.07) is 3.88. The van der Waals surface area contributed by atoms with E-state index in [2.05, 4.69) is 36.4 Å². The van der Waals surface area contributed by atoms with Crippen molar-refractivity contribution >= 4 is 51.3 Å². The first-order valence-electron chi connectivity index (χ1n) is 9.46. The number of thiophene rings is 1. The Morgan fingerprint density at radius 1 is 1.25 bits per heavy atom. The van der Waals surface area contributed by atoms with Gasteiger partial charge in [0.25, 0.3) is 10.0 Å². The molecule has 1 aromatic rings. The van der Waals surface area contributed by atoms with E-state index in [0.29, 0.717) is 49.0 Å². The SMILES string of the molecule is CN=C(NCc1ccc(S(=O)(=O)N2CCOCC2)s1)NC(C)CCC(C)C.I. The van der Waals surface area contributed by atoms with Crippen molar-refractivity contribution in [2.45, 2.75) is 50.4 Å². The zero-order valence-electron chi connectivity index (χ0n) is 17.1. The van der Waals surface area contributed by atoms with Crippen molar-refractivity contribution in [2.24, 2.45) is 10.9 Å². The summed E-state index contributed by atoms with van der Waals surface area (Å²) in [4.78, 5) is 5.22. The van der Waals surface area contributed by atoms with E-state index in [1.54, 1.807) is 13.1 Å². The second kappa shape index (κ2) is 12.3. The molecule has 162 valence electrons. The van der Waals surface area contributed by atoms with Crippen LogP contribution in [0.2, 0.25) is 0 Å². The summed E-state index contributed by atoms with van der Waals surface area (Å²) >= 11 is 1.30. The second-order valence-corrected chi connectivity index (χ2v) is 10.5. The molecule has 2 rings (SSSR count). The minimum absolute atomic E-state index is 0. The zero-order valence-corrected chi connectivity index (χ0v) is 21.1. The maximum absolute atomic E-state index is 12.7. The van der Waals surface area contributed by atoms with Gasteiger partial charge in [-0.1, -0.05) is 13.8 Å². The molecule has 7 nitrogen and oxygen atoms in total. The van der Waals surface area contributed by atoms with Crippen LogP contribution in [0.25, 0.3) is 0 Å². The van der Waals surface area contributed by atoms with Gasteiger partial charge in [0, 0.05) is 31.1 Å². The van der Waals surface area contributed by atoms with Gasteiger partial charge < -0.3 is 15.4 Å². The van der Waals surface area contributed by atoms with Gasteiger partial charge in [-0.3, -0.25) is 4.99 Å². The fourth-order valence-corrected chi connectivity index (χ4v) is 5.62. The quantitative estimate of drug-likeness (QED) is 0.299. The van der Waals surface area contributed by atoms with Crippen molar-refractivity contribution in [3.8, 4) is 0 Å². The molecule has 1 aliphatic heterocycles. The van der Waals surface area contributed by atoms with Gasteiger partial charge in [0.05, 0.1) is 19.8 Å². The Hall–Kier alpha value is -0.430. The summed E-state index contributed by atoms with van der Waals surface area (Å²) in [5, 5.41) is 6.65. The second-order valence-electron chi connectivity index (χ2n) is 7.18. The van der Waals surface area contributed by atoms with Crippen LogP contribution < -0.4 is 10.6 Å². The van der Waals surface area contributed by atoms with Crippen LogP contribution in [0.1, 0.15) is 38.5 Å². The van der Waals surface area contributed by atoms with Crippen LogP contribution >= 0.6 is 35.3 Å². The van der Waals surface area contributed by atoms with E-state index < -0.39 is 10.0 Å². The fraction of sp³-hybridized carbons (Fsp3) is 0.722. The maximum atomic E-state index is 12.7. The molecule has 2 N–H and O–H groups in total. The van der Waals surface area contributed by atoms with E-state index in [1.807, 2.05) is 6.07 Å². The van der Waals surface area contributed by atoms with E-state index in [4.69, 9.17) is 4.74 Å². The molecule has 1 saturated heterocycles. The number of nitrogens with one attached hydrogen (secondary N) is 2. The van der Waals surface area contributed by atoms with Crippen molar-refractivity contribution in [3.63, 3.8) is 0 Å². The smallest absolute Gasteiger partial charge is 0.252 e. The fourth-order valence-electron chi connectivity index (χ4n) is 2.76. The van der Waals surface area contributed by atoms with Crippen LogP contribution in [0.4, 0.5) is 0 Å². The molecule has 0 radical (unpaired) electrons. The highest BCUT2D eigenvalue weighted by Crippen LogP contribution is 2.25. The molecule has 0 aliphatic carbocycles. The highest BCUT2D eigenvalue weighted by Gasteiger charge is 2.27. The number of guanidine groups is 1. The topological polar surface area (TPSA) is 83.0 Å². The number of rotatable bonds is 8. The Morgan fingerprint density at radius 2 is 1.93 bits per heavy atom. The van der Waals surface area contributed by atoms with Gasteiger partial charge in [-0.05, 0) is 37.8 Å². The van der Waals surface area contributed by atoms with E-state index in [-0.39, 0.29) is 24.0 Å². The third-order valence-electron chi connectivity index (χ3n) is 4.42. The number of halogens is 1. The van der Waals surface area contributed by atoms with Gasteiger partial charge in [-0.25, -0.2) is 8.42 Å². The molecule has 1 aliphatic rings. The summed E-state index contributed by atoms with van der Waals surface area (Å²) < 4.78 is 32.5. The molecule has 1 fully saturated rings. The molecule has 1 aromatic heterocycles. The Labute approximate surface area is 190 Å². The number of sulfonamides is 1. The van der Waals surface area contributed by atoms with Gasteiger partial charge in [-0.2, -0.15) is 4.31 Å². The third kappa shape index (κ3) is 7.77. The molecule has 0 bridgehead atoms. The van der Waals surface area contributed by atoms with Crippen molar-refractivity contribution in [1.82, 2.24) is 14.9 Å². The lowest BCUT2D eigenvalue weighted by molar-refractivity contribution is 0.0731. The Balaban J connectivity index is 0.00000392. The average molecular weight is 545 g/mol. The van der Waals surface area contributed by atoms with Crippen LogP contribution in [0, 0.1) is 5.92 Å². The first-order chi connectivity index (χ1) is 12.8. The number of nitrogens with zero attached hydrogens (tertiary/aromatic N) is 2. The van der Waals surface area contributed by atoms with Crippen LogP contribution in [0.15, 0.2) is 21.3 Å². The summed E-state index contributed by atoms with van der Waals surface area (Å²) in [5.74, 6) is 1.42. The molecule has 0 aromatic carbocycles. The van der Waals surface area contributed by atoms with Gasteiger partial charge in [-0.15, -0.1) is 35.3 Å². The number of morpholine rings is 1. The lowest BCUT2D eigenvalue weighted by atomic mass is 10.0. The number of hydrogen-bond acceptors (Lipinski definition) is 5. The van der Waals surface area contributed by atoms with Crippen LogP contribution in [0.5, 0.6) is 0 Å². The average Bonchev–Trinajstić information content (AvgIpc) is 3.14. The Morgan fingerprint density at radius 3 is 2.54 bits per heavy atom. The van der Waals surface area contributed by atoms with Gasteiger partial charge >= 0.3 is 0 Å². The standard InChI is InChI=1S/C18H32N4O3S2.HI/c1-14(2)5-6-15(3)21-18(19-4)20-13-16-7-8-17(26-16)27(23,24)22-9-11-25-12-10-22;/h7-8,14-15H,5-6,9-13H2,1-4H3,(H2,19,20,21);1H. The number of hydrogen-bond donors (Lipinski definition) is 2. The molecular formula is C18H33IN4O3S2. The lowest BCUT2D eigenvalue weighted by Crippen LogP contribution is -2.41. The molecule has 0 saturated carbocycles. The summed E-state index contributed by atoms with van der Waals surface area (Å²) in [7, 11) is -1.68. The molecule has 2 heterocycles. The van der Waals surface area contributed by atoms with Crippen molar-refractivity contribution in [3.05, 3.63) is 17.0 Å². The molecule has 1 atom stereocenters. The molecule has 28 heavy (non-hydrogen) atoms. The van der Waals surface area contributed by atoms with Crippen molar-refractivity contribution in [1.29, 1.82) is 0 Å². The predicted molar refractivity (Wildman–Crippen MR) is 126 cm³/mol. The van der Waals surface area contributed by atoms with Crippen LogP contribution in [-0.4, -0.2) is 58.1 Å². The van der Waals surface area contributed by atoms with Gasteiger partial charge in [0.1, 0.15) is 4.21 Å². The Kier molecular flexibility index (Phi) is 11.3. The van der Waals surface area contributed by atoms with Crippen molar-refractivity contribution in [2.75, 3.05) is 33.4 Å². The highest BCUT2D eigenvalue weighted by atomic mass is 127.